The number of morpholine rings is 1. The van der Waals surface area contributed by atoms with Crippen molar-refractivity contribution in [1.82, 2.24) is 9.80 Å². The molecule has 0 spiro atoms. The fraction of sp³-hybridized carbons (Fsp3) is 0.333. The summed E-state index contributed by atoms with van der Waals surface area (Å²) in [7, 11) is 0. The van der Waals surface area contributed by atoms with Crippen LogP contribution in [0.4, 0.5) is 0 Å². The van der Waals surface area contributed by atoms with Gasteiger partial charge in [-0.15, -0.1) is 0 Å². The lowest BCUT2D eigenvalue weighted by atomic mass is 9.95. The Bertz CT molecular complexity index is 1090. The summed E-state index contributed by atoms with van der Waals surface area (Å²) in [5.74, 6) is -0.786. The quantitative estimate of drug-likeness (QED) is 0.222. The van der Waals surface area contributed by atoms with Gasteiger partial charge in [-0.2, -0.15) is 0 Å². The normalized spacial score (nSPS) is 20.3. The predicted molar refractivity (Wildman–Crippen MR) is 137 cm³/mol. The van der Waals surface area contributed by atoms with Crippen LogP contribution in [-0.2, 0) is 14.3 Å². The number of hydrogen-bond donors (Lipinski definition) is 1. The number of ketones is 1. The molecule has 0 aliphatic carbocycles. The minimum absolute atomic E-state index is 0.100. The van der Waals surface area contributed by atoms with E-state index in [1.54, 1.807) is 47.4 Å². The molecule has 0 radical (unpaired) electrons. The minimum Gasteiger partial charge on any atom is -0.507 e. The molecule has 1 atom stereocenters. The maximum absolute atomic E-state index is 13.2. The molecule has 1 unspecified atom stereocenters. The van der Waals surface area contributed by atoms with E-state index in [0.717, 1.165) is 29.7 Å². The van der Waals surface area contributed by atoms with E-state index in [2.05, 4.69) is 27.4 Å². The number of carbonyl (C=O) groups excluding carboxylic acids is 2. The minimum atomic E-state index is -0.684. The maximum Gasteiger partial charge on any atom is 0.295 e. The fourth-order valence-corrected chi connectivity index (χ4v) is 4.68. The summed E-state index contributed by atoms with van der Waals surface area (Å²) in [6.07, 6.45) is 2.37. The molecule has 7 nitrogen and oxygen atoms in total. The maximum atomic E-state index is 13.2. The van der Waals surface area contributed by atoms with Crippen molar-refractivity contribution in [3.05, 3.63) is 82.4 Å². The Labute approximate surface area is 213 Å². The van der Waals surface area contributed by atoms with Crippen LogP contribution in [0.25, 0.3) is 5.76 Å². The fourth-order valence-electron chi connectivity index (χ4n) is 4.41. The van der Waals surface area contributed by atoms with Gasteiger partial charge >= 0.3 is 0 Å². The monoisotopic (exact) mass is 540 g/mol. The molecule has 2 aromatic carbocycles. The average molecular weight is 541 g/mol. The zero-order chi connectivity index (χ0) is 24.8. The van der Waals surface area contributed by atoms with Crippen LogP contribution >= 0.6 is 15.9 Å². The Morgan fingerprint density at radius 3 is 2.43 bits per heavy atom. The second-order valence-electron chi connectivity index (χ2n) is 8.48. The number of halogens is 1. The first-order chi connectivity index (χ1) is 17.0. The van der Waals surface area contributed by atoms with Gasteiger partial charge in [-0.3, -0.25) is 14.5 Å². The Balaban J connectivity index is 1.65. The number of carbonyl (C=O) groups is 2. The number of aliphatic hydroxyl groups excluding tert-OH is 1. The van der Waals surface area contributed by atoms with Gasteiger partial charge in [0.05, 0.1) is 24.8 Å². The van der Waals surface area contributed by atoms with Gasteiger partial charge < -0.3 is 19.5 Å². The van der Waals surface area contributed by atoms with Crippen molar-refractivity contribution < 1.29 is 24.2 Å². The first-order valence-corrected chi connectivity index (χ1v) is 12.5. The standard InChI is InChI=1S/C27H29BrN2O5/c1-2-16-35-22-10-6-19(7-11-22)24-23(25(31)20-4-8-21(28)9-5-20)26(32)27(33)30(24)13-3-12-29-14-17-34-18-15-29/h2,4-11,24,31H,1,3,12-18H2. The molecule has 1 N–H and O–H groups in total. The summed E-state index contributed by atoms with van der Waals surface area (Å²) in [5, 5.41) is 11.2. The van der Waals surface area contributed by atoms with Gasteiger partial charge in [0.1, 0.15) is 18.1 Å². The van der Waals surface area contributed by atoms with E-state index in [0.29, 0.717) is 44.1 Å². The van der Waals surface area contributed by atoms with Crippen LogP contribution in [0.3, 0.4) is 0 Å². The van der Waals surface area contributed by atoms with Crippen molar-refractivity contribution in [3.8, 4) is 5.75 Å². The van der Waals surface area contributed by atoms with Gasteiger partial charge in [0.25, 0.3) is 11.7 Å². The van der Waals surface area contributed by atoms with Crippen LogP contribution in [0.15, 0.2) is 71.2 Å². The summed E-state index contributed by atoms with van der Waals surface area (Å²) in [6, 6.07) is 13.6. The van der Waals surface area contributed by atoms with E-state index in [1.165, 1.54) is 0 Å². The van der Waals surface area contributed by atoms with Crippen LogP contribution in [0, 0.1) is 0 Å². The third-order valence-corrected chi connectivity index (χ3v) is 6.73. The third-order valence-electron chi connectivity index (χ3n) is 6.20. The lowest BCUT2D eigenvalue weighted by molar-refractivity contribution is -0.140. The molecule has 184 valence electrons. The van der Waals surface area contributed by atoms with Gasteiger partial charge in [-0.1, -0.05) is 52.9 Å². The summed E-state index contributed by atoms with van der Waals surface area (Å²) in [5.41, 5.74) is 1.32. The second kappa shape index (κ2) is 11.7. The molecular weight excluding hydrogens is 512 g/mol. The first-order valence-electron chi connectivity index (χ1n) is 11.7. The van der Waals surface area contributed by atoms with Crippen molar-refractivity contribution in [1.29, 1.82) is 0 Å². The van der Waals surface area contributed by atoms with Gasteiger partial charge in [0.2, 0.25) is 0 Å². The van der Waals surface area contributed by atoms with E-state index in [4.69, 9.17) is 9.47 Å². The van der Waals surface area contributed by atoms with Crippen molar-refractivity contribution in [2.24, 2.45) is 0 Å². The van der Waals surface area contributed by atoms with Gasteiger partial charge in [0, 0.05) is 36.2 Å². The van der Waals surface area contributed by atoms with E-state index >= 15 is 0 Å². The zero-order valence-corrected chi connectivity index (χ0v) is 21.1. The van der Waals surface area contributed by atoms with E-state index in [9.17, 15) is 14.7 Å². The number of ether oxygens (including phenoxy) is 2. The smallest absolute Gasteiger partial charge is 0.295 e. The lowest BCUT2D eigenvalue weighted by Crippen LogP contribution is -2.38. The number of likely N-dealkylation sites (tertiary alicyclic amines) is 1. The number of hydrogen-bond acceptors (Lipinski definition) is 6. The van der Waals surface area contributed by atoms with Gasteiger partial charge in [-0.05, 0) is 36.2 Å². The van der Waals surface area contributed by atoms with Crippen LogP contribution in [0.1, 0.15) is 23.6 Å². The Hall–Kier alpha value is -2.94. The summed E-state index contributed by atoms with van der Waals surface area (Å²) in [6.45, 7) is 8.37. The number of aliphatic hydroxyl groups is 1. The van der Waals surface area contributed by atoms with Crippen molar-refractivity contribution in [2.45, 2.75) is 12.5 Å². The van der Waals surface area contributed by atoms with Crippen LogP contribution in [-0.4, -0.2) is 72.6 Å². The molecule has 2 aromatic rings. The Kier molecular flexibility index (Phi) is 8.38. The zero-order valence-electron chi connectivity index (χ0n) is 19.5. The molecule has 1 amide bonds. The highest BCUT2D eigenvalue weighted by atomic mass is 79.9. The highest BCUT2D eigenvalue weighted by Gasteiger charge is 2.45. The van der Waals surface area contributed by atoms with Gasteiger partial charge in [0.15, 0.2) is 0 Å². The molecule has 0 bridgehead atoms. The largest absolute Gasteiger partial charge is 0.507 e. The second-order valence-corrected chi connectivity index (χ2v) is 9.39. The van der Waals surface area contributed by atoms with Crippen molar-refractivity contribution in [3.63, 3.8) is 0 Å². The number of benzene rings is 2. The van der Waals surface area contributed by atoms with E-state index in [-0.39, 0.29) is 11.3 Å². The third kappa shape index (κ3) is 5.83. The molecule has 2 fully saturated rings. The Morgan fingerprint density at radius 1 is 1.09 bits per heavy atom. The predicted octanol–water partition coefficient (Wildman–Crippen LogP) is 4.16. The Morgan fingerprint density at radius 2 is 1.77 bits per heavy atom. The summed E-state index contributed by atoms with van der Waals surface area (Å²) >= 11 is 3.39. The summed E-state index contributed by atoms with van der Waals surface area (Å²) in [4.78, 5) is 30.2. The average Bonchev–Trinajstić information content (AvgIpc) is 3.13. The van der Waals surface area contributed by atoms with Gasteiger partial charge in [-0.25, -0.2) is 0 Å². The molecule has 2 saturated heterocycles. The highest BCUT2D eigenvalue weighted by Crippen LogP contribution is 2.40. The number of rotatable bonds is 9. The molecule has 0 saturated carbocycles. The molecule has 0 aromatic heterocycles. The summed E-state index contributed by atoms with van der Waals surface area (Å²) < 4.78 is 11.8. The first kappa shape index (κ1) is 25.2. The van der Waals surface area contributed by atoms with Crippen molar-refractivity contribution >= 4 is 33.4 Å². The SMILES string of the molecule is C=CCOc1ccc(C2C(=C(O)c3ccc(Br)cc3)C(=O)C(=O)N2CCCN2CCOCC2)cc1. The lowest BCUT2D eigenvalue weighted by Gasteiger charge is -2.29. The molecule has 35 heavy (non-hydrogen) atoms. The molecular formula is C27H29BrN2O5. The molecule has 2 aliphatic heterocycles. The van der Waals surface area contributed by atoms with Crippen LogP contribution < -0.4 is 4.74 Å². The van der Waals surface area contributed by atoms with E-state index in [1.807, 2.05) is 12.1 Å². The molecule has 2 heterocycles. The number of nitrogens with zero attached hydrogens (tertiary/aromatic N) is 2. The topological polar surface area (TPSA) is 79.3 Å². The van der Waals surface area contributed by atoms with Crippen LogP contribution in [0.5, 0.6) is 5.75 Å². The van der Waals surface area contributed by atoms with E-state index < -0.39 is 17.7 Å². The molecule has 2 aliphatic rings. The van der Waals surface area contributed by atoms with Crippen LogP contribution in [0.2, 0.25) is 0 Å². The highest BCUT2D eigenvalue weighted by molar-refractivity contribution is 9.10. The van der Waals surface area contributed by atoms with Crippen molar-refractivity contribution in [2.75, 3.05) is 46.0 Å². The molecule has 8 heteroatoms. The number of amides is 1. The number of Topliss-reactive ketones (excluding diaryl/α,β-unsaturated/α-hetero) is 1. The molecule has 4 rings (SSSR count).